The number of fused-ring (bicyclic) bond motifs is 1. The van der Waals surface area contributed by atoms with E-state index in [-0.39, 0.29) is 28.5 Å². The van der Waals surface area contributed by atoms with E-state index >= 15 is 0 Å². The predicted octanol–water partition coefficient (Wildman–Crippen LogP) is 0.974. The summed E-state index contributed by atoms with van der Waals surface area (Å²) in [4.78, 5) is 9.85. The molecule has 1 radical (unpaired) electrons. The molecule has 14 heavy (non-hydrogen) atoms. The van der Waals surface area contributed by atoms with Crippen molar-refractivity contribution in [2.75, 3.05) is 0 Å². The molecule has 6 heteroatoms. The van der Waals surface area contributed by atoms with Crippen molar-refractivity contribution >= 4 is 27.5 Å². The van der Waals surface area contributed by atoms with Crippen molar-refractivity contribution < 1.29 is 35.1 Å². The molecular weight excluding hydrogens is 463 g/mol. The molecule has 0 unspecified atom stereocenters. The average Bonchev–Trinajstić information content (AvgIpc) is 2.47. The summed E-state index contributed by atoms with van der Waals surface area (Å²) in [6.45, 7) is 1.33. The Hall–Kier alpha value is -0.223. The summed E-state index contributed by atoms with van der Waals surface area (Å²) in [7, 11) is 0. The van der Waals surface area contributed by atoms with Crippen LogP contribution in [0.3, 0.4) is 0 Å². The van der Waals surface area contributed by atoms with Gasteiger partial charge >= 0.3 is 98.3 Å². The summed E-state index contributed by atoms with van der Waals surface area (Å²) in [5.41, 5.74) is 0. The Morgan fingerprint density at radius 2 is 1.71 bits per heavy atom. The summed E-state index contributed by atoms with van der Waals surface area (Å²) in [5, 5.41) is 0. The largest absolute Gasteiger partial charge is 2.00 e. The summed E-state index contributed by atoms with van der Waals surface area (Å²) in [6.07, 6.45) is 0. The van der Waals surface area contributed by atoms with Crippen LogP contribution in [0.1, 0.15) is 0 Å². The van der Waals surface area contributed by atoms with Crippen LogP contribution in [0.5, 0.6) is 11.5 Å². The van der Waals surface area contributed by atoms with E-state index in [1.807, 2.05) is 12.1 Å². The Bertz CT molecular complexity index is 282. The van der Waals surface area contributed by atoms with Gasteiger partial charge in [-0.05, 0) is 0 Å². The maximum absolute atomic E-state index is 9.85. The molecule has 2 rings (SSSR count). The van der Waals surface area contributed by atoms with Gasteiger partial charge in [-0.15, -0.1) is 0 Å². The van der Waals surface area contributed by atoms with Crippen LogP contribution >= 0.6 is 0 Å². The van der Waals surface area contributed by atoms with Gasteiger partial charge < -0.3 is 7.43 Å². The second kappa shape index (κ2) is 6.30. The third-order valence-corrected chi connectivity index (χ3v) is 4.28. The van der Waals surface area contributed by atoms with E-state index in [4.69, 9.17) is 6.15 Å². The van der Waals surface area contributed by atoms with Crippen molar-refractivity contribution in [3.05, 3.63) is 31.7 Å². The van der Waals surface area contributed by atoms with Gasteiger partial charge in [0.1, 0.15) is 0 Å². The van der Waals surface area contributed by atoms with Crippen LogP contribution in [0.15, 0.2) is 24.3 Å². The molecule has 0 aliphatic carbocycles. The molecule has 1 aliphatic rings. The summed E-state index contributed by atoms with van der Waals surface area (Å²) >= 11 is -2.84. The van der Waals surface area contributed by atoms with Crippen molar-refractivity contribution in [1.29, 1.82) is 0 Å². The minimum Gasteiger partial charge on any atom is -0.358 e. The number of para-hydroxylation sites is 2. The maximum atomic E-state index is 9.85. The van der Waals surface area contributed by atoms with Gasteiger partial charge in [0.15, 0.2) is 0 Å². The van der Waals surface area contributed by atoms with Crippen molar-refractivity contribution in [3.8, 4) is 11.5 Å². The smallest absolute Gasteiger partial charge is 0.358 e. The van der Waals surface area contributed by atoms with E-state index in [0.717, 1.165) is 0 Å². The number of benzene rings is 1. The van der Waals surface area contributed by atoms with Crippen molar-refractivity contribution in [1.82, 2.24) is 0 Å². The third kappa shape index (κ3) is 2.88. The van der Waals surface area contributed by atoms with Crippen LogP contribution in [0.25, 0.3) is 0 Å². The second-order valence-electron chi connectivity index (χ2n) is 2.09. The summed E-state index contributed by atoms with van der Waals surface area (Å²) < 4.78 is 15.0. The van der Waals surface area contributed by atoms with Crippen LogP contribution in [0.2, 0.25) is 0 Å². The Balaban J connectivity index is 0.000000845. The maximum Gasteiger partial charge on any atom is 2.00 e. The topological polar surface area (TPSA) is 44.8 Å². The van der Waals surface area contributed by atoms with Crippen molar-refractivity contribution in [3.63, 3.8) is 0 Å². The first-order chi connectivity index (χ1) is 5.90. The molecule has 73 valence electrons. The van der Waals surface area contributed by atoms with E-state index < -0.39 is 21.0 Å². The molecule has 1 heterocycles. The first-order valence-corrected chi connectivity index (χ1v) is 6.75. The molecule has 1 aromatic rings. The fourth-order valence-corrected chi connectivity index (χ4v) is 3.43. The van der Waals surface area contributed by atoms with E-state index in [1.165, 1.54) is 6.47 Å². The molecule has 0 atom stereocenters. The first-order valence-electron chi connectivity index (χ1n) is 3.26. The van der Waals surface area contributed by atoms with Crippen molar-refractivity contribution in [2.45, 2.75) is 0 Å². The van der Waals surface area contributed by atoms with Gasteiger partial charge in [0.25, 0.3) is 0 Å². The van der Waals surface area contributed by atoms with Crippen LogP contribution < -0.4 is 6.15 Å². The minimum atomic E-state index is -2.84. The molecule has 0 fully saturated rings. The van der Waals surface area contributed by atoms with Crippen LogP contribution in [0.4, 0.5) is 0 Å². The third-order valence-electron chi connectivity index (χ3n) is 1.36. The summed E-state index contributed by atoms with van der Waals surface area (Å²) in [5.74, 6) is 1.31. The number of rotatable bonds is 2. The zero-order valence-electron chi connectivity index (χ0n) is 7.35. The number of hydrogen-bond donors (Lipinski definition) is 0. The van der Waals surface area contributed by atoms with Crippen molar-refractivity contribution in [2.24, 2.45) is 0 Å². The zero-order chi connectivity index (χ0) is 8.39. The Morgan fingerprint density at radius 1 is 1.21 bits per heavy atom. The fourth-order valence-electron chi connectivity index (χ4n) is 0.895. The molecule has 0 bridgehead atoms. The molecule has 0 saturated carbocycles. The van der Waals surface area contributed by atoms with E-state index in [0.29, 0.717) is 11.5 Å². The number of carbonyl (C=O) groups excluding carboxylic acids is 1. The summed E-state index contributed by atoms with van der Waals surface area (Å²) in [6, 6.07) is 7.21. The van der Waals surface area contributed by atoms with Gasteiger partial charge in [-0.2, -0.15) is 0 Å². The Morgan fingerprint density at radius 3 is 2.14 bits per heavy atom. The van der Waals surface area contributed by atoms with E-state index in [2.05, 4.69) is 3.07 Å². The Labute approximate surface area is 105 Å². The van der Waals surface area contributed by atoms with Gasteiger partial charge in [-0.25, -0.2) is 0 Å². The molecule has 1 aromatic carbocycles. The van der Waals surface area contributed by atoms with E-state index in [1.54, 1.807) is 12.1 Å². The predicted molar refractivity (Wildman–Crippen MR) is 46.6 cm³/mol. The minimum absolute atomic E-state index is 0. The zero-order valence-corrected chi connectivity index (χ0v) is 13.1. The molecule has 4 nitrogen and oxygen atoms in total. The van der Waals surface area contributed by atoms with Crippen LogP contribution in [-0.2, 0) is 28.9 Å². The second-order valence-corrected chi connectivity index (χ2v) is 5.26. The average molecular weight is 470 g/mol. The standard InChI is InChI=1S/C6H6O2.CO2.CH3.Sn.W/c7-5-3-1-2-4-6(5)8;2-1-3;;;/h1-4,7-8H;;1H3;;/q;-2;-1;+3;+2/p-2. The quantitative estimate of drug-likeness (QED) is 0.478. The van der Waals surface area contributed by atoms with Gasteiger partial charge in [-0.1, -0.05) is 0 Å². The van der Waals surface area contributed by atoms with Gasteiger partial charge in [-0.3, -0.25) is 0 Å². The van der Waals surface area contributed by atoms with Gasteiger partial charge in [0.2, 0.25) is 0 Å². The normalized spacial score (nSPS) is 12.3. The SMILES string of the molecule is O=[C-][O][Sn]1[O]c2ccccc2[O]1.[CH3-].[W+2]. The fraction of sp³-hybridized carbons (Fsp3) is 0. The first kappa shape index (κ1) is 13.8. The van der Waals surface area contributed by atoms with Gasteiger partial charge in [0, 0.05) is 0 Å². The molecule has 0 amide bonds. The molecule has 1 aliphatic heterocycles. The molecule has 0 aromatic heterocycles. The molecule has 0 saturated heterocycles. The Kier molecular flexibility index (Phi) is 6.20. The van der Waals surface area contributed by atoms with Crippen LogP contribution in [0, 0.1) is 7.43 Å². The molecule has 0 N–H and O–H groups in total. The monoisotopic (exact) mass is 471 g/mol. The van der Waals surface area contributed by atoms with Gasteiger partial charge in [0.05, 0.1) is 0 Å². The molecule has 0 spiro atoms. The number of hydrogen-bond acceptors (Lipinski definition) is 4. The molecular formula is C8H7O4SnW. The van der Waals surface area contributed by atoms with Crippen LogP contribution in [-0.4, -0.2) is 27.5 Å². The van der Waals surface area contributed by atoms with E-state index in [9.17, 15) is 4.79 Å².